The van der Waals surface area contributed by atoms with Crippen LogP contribution in [0.5, 0.6) is 0 Å². The predicted molar refractivity (Wildman–Crippen MR) is 43.2 cm³/mol. The summed E-state index contributed by atoms with van der Waals surface area (Å²) in [6.45, 7) is 4.73. The van der Waals surface area contributed by atoms with Gasteiger partial charge in [0.25, 0.3) is 0 Å². The maximum absolute atomic E-state index is 5.37. The molecule has 3 heteroatoms. The number of nitrogens with zero attached hydrogens (tertiary/aromatic N) is 2. The first-order chi connectivity index (χ1) is 5.24. The third-order valence-corrected chi connectivity index (χ3v) is 1.56. The van der Waals surface area contributed by atoms with Gasteiger partial charge in [0.1, 0.15) is 0 Å². The lowest BCUT2D eigenvalue weighted by Crippen LogP contribution is -1.99. The average molecular weight is 154 g/mol. The standard InChI is InChI=1S/C8H14N2O/c1-4-11-7(2)8-5-10(3)6-9-8/h5-7H,4H2,1-3H3. The summed E-state index contributed by atoms with van der Waals surface area (Å²) in [5.74, 6) is 0. The van der Waals surface area contributed by atoms with Crippen LogP contribution in [0, 0.1) is 0 Å². The van der Waals surface area contributed by atoms with Crippen LogP contribution in [0.3, 0.4) is 0 Å². The van der Waals surface area contributed by atoms with Gasteiger partial charge in [-0.25, -0.2) is 4.98 Å². The molecule has 0 amide bonds. The van der Waals surface area contributed by atoms with E-state index in [0.29, 0.717) is 0 Å². The molecule has 0 saturated carbocycles. The third-order valence-electron chi connectivity index (χ3n) is 1.56. The summed E-state index contributed by atoms with van der Waals surface area (Å²) in [4.78, 5) is 4.17. The maximum atomic E-state index is 5.37. The summed E-state index contributed by atoms with van der Waals surface area (Å²) in [6.07, 6.45) is 3.87. The number of hydrogen-bond acceptors (Lipinski definition) is 2. The lowest BCUT2D eigenvalue weighted by molar-refractivity contribution is 0.0736. The number of aromatic nitrogens is 2. The maximum Gasteiger partial charge on any atom is 0.0981 e. The molecule has 0 spiro atoms. The highest BCUT2D eigenvalue weighted by molar-refractivity contribution is 4.99. The number of hydrogen-bond donors (Lipinski definition) is 0. The van der Waals surface area contributed by atoms with Crippen molar-refractivity contribution >= 4 is 0 Å². The Bertz CT molecular complexity index is 220. The van der Waals surface area contributed by atoms with Gasteiger partial charge in [0.05, 0.1) is 18.1 Å². The van der Waals surface area contributed by atoms with Gasteiger partial charge in [-0.15, -0.1) is 0 Å². The lowest BCUT2D eigenvalue weighted by atomic mass is 10.3. The van der Waals surface area contributed by atoms with E-state index in [1.807, 2.05) is 31.7 Å². The van der Waals surface area contributed by atoms with E-state index in [2.05, 4.69) is 4.98 Å². The van der Waals surface area contributed by atoms with Gasteiger partial charge in [-0.1, -0.05) is 0 Å². The predicted octanol–water partition coefficient (Wildman–Crippen LogP) is 1.52. The summed E-state index contributed by atoms with van der Waals surface area (Å²) in [5, 5.41) is 0. The van der Waals surface area contributed by atoms with Crippen LogP contribution < -0.4 is 0 Å². The molecule has 0 aromatic carbocycles. The van der Waals surface area contributed by atoms with Gasteiger partial charge in [-0.3, -0.25) is 0 Å². The minimum absolute atomic E-state index is 0.112. The molecular formula is C8H14N2O. The Morgan fingerprint density at radius 3 is 2.91 bits per heavy atom. The Morgan fingerprint density at radius 2 is 2.45 bits per heavy atom. The smallest absolute Gasteiger partial charge is 0.0981 e. The molecule has 3 nitrogen and oxygen atoms in total. The number of imidazole rings is 1. The molecule has 0 bridgehead atoms. The first-order valence-corrected chi connectivity index (χ1v) is 3.83. The van der Waals surface area contributed by atoms with Crippen LogP contribution in [0.15, 0.2) is 12.5 Å². The molecule has 0 saturated heterocycles. The van der Waals surface area contributed by atoms with Gasteiger partial charge < -0.3 is 9.30 Å². The summed E-state index contributed by atoms with van der Waals surface area (Å²) in [6, 6.07) is 0. The molecule has 1 atom stereocenters. The Balaban J connectivity index is 2.60. The van der Waals surface area contributed by atoms with E-state index >= 15 is 0 Å². The van der Waals surface area contributed by atoms with E-state index < -0.39 is 0 Å². The first kappa shape index (κ1) is 8.27. The molecule has 0 aliphatic heterocycles. The normalized spacial score (nSPS) is 13.4. The van der Waals surface area contributed by atoms with Crippen LogP contribution in [0.25, 0.3) is 0 Å². The van der Waals surface area contributed by atoms with Crippen LogP contribution in [-0.2, 0) is 11.8 Å². The molecule has 0 fully saturated rings. The Morgan fingerprint density at radius 1 is 1.73 bits per heavy atom. The van der Waals surface area contributed by atoms with Crippen molar-refractivity contribution < 1.29 is 4.74 Å². The monoisotopic (exact) mass is 154 g/mol. The zero-order chi connectivity index (χ0) is 8.27. The minimum Gasteiger partial charge on any atom is -0.372 e. The number of rotatable bonds is 3. The van der Waals surface area contributed by atoms with Crippen molar-refractivity contribution in [1.29, 1.82) is 0 Å². The van der Waals surface area contributed by atoms with Crippen LogP contribution in [0.4, 0.5) is 0 Å². The van der Waals surface area contributed by atoms with Crippen molar-refractivity contribution in [2.75, 3.05) is 6.61 Å². The Labute approximate surface area is 67.0 Å². The van der Waals surface area contributed by atoms with Crippen molar-refractivity contribution in [3.05, 3.63) is 18.2 Å². The largest absolute Gasteiger partial charge is 0.372 e. The van der Waals surface area contributed by atoms with Crippen LogP contribution in [-0.4, -0.2) is 16.2 Å². The van der Waals surface area contributed by atoms with Crippen LogP contribution in [0.1, 0.15) is 25.6 Å². The summed E-state index contributed by atoms with van der Waals surface area (Å²) in [7, 11) is 1.95. The van der Waals surface area contributed by atoms with E-state index in [1.54, 1.807) is 6.33 Å². The Hall–Kier alpha value is -0.830. The van der Waals surface area contributed by atoms with E-state index in [1.165, 1.54) is 0 Å². The minimum atomic E-state index is 0.112. The summed E-state index contributed by atoms with van der Waals surface area (Å²) < 4.78 is 7.29. The van der Waals surface area contributed by atoms with Gasteiger partial charge in [-0.2, -0.15) is 0 Å². The Kier molecular flexibility index (Phi) is 2.65. The quantitative estimate of drug-likeness (QED) is 0.660. The molecule has 0 N–H and O–H groups in total. The van der Waals surface area contributed by atoms with Gasteiger partial charge >= 0.3 is 0 Å². The second kappa shape index (κ2) is 3.53. The van der Waals surface area contributed by atoms with Crippen molar-refractivity contribution in [1.82, 2.24) is 9.55 Å². The second-order valence-corrected chi connectivity index (χ2v) is 2.56. The molecular weight excluding hydrogens is 140 g/mol. The highest BCUT2D eigenvalue weighted by Gasteiger charge is 2.06. The molecule has 0 radical (unpaired) electrons. The molecule has 62 valence electrons. The number of ether oxygens (including phenoxy) is 1. The zero-order valence-corrected chi connectivity index (χ0v) is 7.24. The number of aryl methyl sites for hydroxylation is 1. The van der Waals surface area contributed by atoms with Gasteiger partial charge in [-0.05, 0) is 13.8 Å². The first-order valence-electron chi connectivity index (χ1n) is 3.83. The third kappa shape index (κ3) is 2.05. The van der Waals surface area contributed by atoms with E-state index in [4.69, 9.17) is 4.74 Å². The molecule has 0 aliphatic rings. The van der Waals surface area contributed by atoms with Crippen molar-refractivity contribution in [3.63, 3.8) is 0 Å². The van der Waals surface area contributed by atoms with Crippen molar-refractivity contribution in [2.45, 2.75) is 20.0 Å². The molecule has 1 rings (SSSR count). The van der Waals surface area contributed by atoms with Crippen molar-refractivity contribution in [2.24, 2.45) is 7.05 Å². The van der Waals surface area contributed by atoms with Crippen LogP contribution in [0.2, 0.25) is 0 Å². The van der Waals surface area contributed by atoms with E-state index in [9.17, 15) is 0 Å². The second-order valence-electron chi connectivity index (χ2n) is 2.56. The lowest BCUT2D eigenvalue weighted by Gasteiger charge is -2.06. The molecule has 1 unspecified atom stereocenters. The van der Waals surface area contributed by atoms with Gasteiger partial charge in [0.15, 0.2) is 0 Å². The van der Waals surface area contributed by atoms with E-state index in [-0.39, 0.29) is 6.10 Å². The fourth-order valence-corrected chi connectivity index (χ4v) is 0.978. The van der Waals surface area contributed by atoms with Gasteiger partial charge in [0.2, 0.25) is 0 Å². The molecule has 1 aromatic heterocycles. The fraction of sp³-hybridized carbons (Fsp3) is 0.625. The summed E-state index contributed by atoms with van der Waals surface area (Å²) >= 11 is 0. The topological polar surface area (TPSA) is 27.1 Å². The zero-order valence-electron chi connectivity index (χ0n) is 7.24. The van der Waals surface area contributed by atoms with Crippen molar-refractivity contribution in [3.8, 4) is 0 Å². The molecule has 1 heterocycles. The molecule has 11 heavy (non-hydrogen) atoms. The SMILES string of the molecule is CCOC(C)c1cn(C)cn1. The molecule has 1 aromatic rings. The summed E-state index contributed by atoms with van der Waals surface area (Å²) in [5.41, 5.74) is 0.995. The van der Waals surface area contributed by atoms with Gasteiger partial charge in [0, 0.05) is 19.9 Å². The van der Waals surface area contributed by atoms with E-state index in [0.717, 1.165) is 12.3 Å². The van der Waals surface area contributed by atoms with Crippen LogP contribution >= 0.6 is 0 Å². The fourth-order valence-electron chi connectivity index (χ4n) is 0.978. The highest BCUT2D eigenvalue weighted by Crippen LogP contribution is 2.12. The highest BCUT2D eigenvalue weighted by atomic mass is 16.5. The molecule has 0 aliphatic carbocycles. The average Bonchev–Trinajstić information content (AvgIpc) is 2.36.